The van der Waals surface area contributed by atoms with Gasteiger partial charge in [0.05, 0.1) is 28.6 Å². The third-order valence-corrected chi connectivity index (χ3v) is 7.47. The third-order valence-electron chi connectivity index (χ3n) is 5.20. The summed E-state index contributed by atoms with van der Waals surface area (Å²) in [6.45, 7) is -0.198. The highest BCUT2D eigenvalue weighted by atomic mass is 79.9. The van der Waals surface area contributed by atoms with Gasteiger partial charge in [-0.2, -0.15) is 13.2 Å². The number of carboxylic acid groups (broad SMARTS) is 1. The van der Waals surface area contributed by atoms with Gasteiger partial charge in [0, 0.05) is 10.4 Å². The number of alkyl halides is 3. The molecule has 4 rings (SSSR count). The first-order chi connectivity index (χ1) is 14.0. The molecule has 6 nitrogen and oxygen atoms in total. The molecule has 30 heavy (non-hydrogen) atoms. The van der Waals surface area contributed by atoms with Crippen molar-refractivity contribution in [1.29, 1.82) is 0 Å². The van der Waals surface area contributed by atoms with Crippen LogP contribution < -0.4 is 9.04 Å². The highest BCUT2D eigenvalue weighted by molar-refractivity contribution is 9.10. The smallest absolute Gasteiger partial charge is 0.416 e. The maximum atomic E-state index is 13.3. The first kappa shape index (κ1) is 21.0. The molecule has 0 spiro atoms. The Labute approximate surface area is 178 Å². The first-order valence-corrected chi connectivity index (χ1v) is 11.1. The van der Waals surface area contributed by atoms with Gasteiger partial charge in [-0.15, -0.1) is 0 Å². The predicted octanol–water partition coefficient (Wildman–Crippen LogP) is 4.14. The molecule has 1 fully saturated rings. The van der Waals surface area contributed by atoms with Crippen LogP contribution in [0.3, 0.4) is 0 Å². The highest BCUT2D eigenvalue weighted by Gasteiger charge is 2.52. The van der Waals surface area contributed by atoms with Crippen LogP contribution >= 0.6 is 15.9 Å². The van der Waals surface area contributed by atoms with Gasteiger partial charge in [0.2, 0.25) is 0 Å². The summed E-state index contributed by atoms with van der Waals surface area (Å²) in [5.74, 6) is -1.78. The van der Waals surface area contributed by atoms with Crippen molar-refractivity contribution in [3.8, 4) is 5.75 Å². The van der Waals surface area contributed by atoms with E-state index in [2.05, 4.69) is 15.9 Å². The number of rotatable bonds is 4. The van der Waals surface area contributed by atoms with E-state index >= 15 is 0 Å². The number of halogens is 4. The molecular weight excluding hydrogens is 491 g/mol. The van der Waals surface area contributed by atoms with Crippen molar-refractivity contribution < 1.29 is 36.2 Å². The summed E-state index contributed by atoms with van der Waals surface area (Å²) in [6, 6.07) is 8.21. The number of carbonyl (C=O) groups is 1. The van der Waals surface area contributed by atoms with Crippen molar-refractivity contribution >= 4 is 37.6 Å². The largest absolute Gasteiger partial charge is 0.486 e. The summed E-state index contributed by atoms with van der Waals surface area (Å²) in [7, 11) is -4.37. The zero-order valence-corrected chi connectivity index (χ0v) is 17.5. The van der Waals surface area contributed by atoms with Crippen LogP contribution in [-0.4, -0.2) is 32.1 Å². The summed E-state index contributed by atoms with van der Waals surface area (Å²) >= 11 is 3.26. The highest BCUT2D eigenvalue weighted by Crippen LogP contribution is 2.48. The van der Waals surface area contributed by atoms with Crippen molar-refractivity contribution in [2.75, 3.05) is 10.8 Å². The number of anilines is 1. The van der Waals surface area contributed by atoms with E-state index in [1.54, 1.807) is 12.1 Å². The van der Waals surface area contributed by atoms with Crippen LogP contribution in [0.2, 0.25) is 0 Å². The molecule has 0 bridgehead atoms. The van der Waals surface area contributed by atoms with Gasteiger partial charge in [0.15, 0.2) is 0 Å². The lowest BCUT2D eigenvalue weighted by atomic mass is 10.1. The fourth-order valence-corrected chi connectivity index (χ4v) is 5.44. The molecule has 11 heteroatoms. The Morgan fingerprint density at radius 1 is 1.20 bits per heavy atom. The molecule has 3 atom stereocenters. The molecule has 1 aliphatic carbocycles. The molecule has 0 amide bonds. The van der Waals surface area contributed by atoms with Gasteiger partial charge < -0.3 is 9.84 Å². The second-order valence-electron chi connectivity index (χ2n) is 7.17. The maximum absolute atomic E-state index is 13.3. The van der Waals surface area contributed by atoms with Crippen molar-refractivity contribution in [2.24, 2.45) is 11.8 Å². The van der Waals surface area contributed by atoms with Crippen LogP contribution in [0.1, 0.15) is 12.0 Å². The second-order valence-corrected chi connectivity index (χ2v) is 9.95. The Morgan fingerprint density at radius 2 is 1.93 bits per heavy atom. The molecule has 160 valence electrons. The number of ether oxygens (including phenoxy) is 1. The molecule has 0 radical (unpaired) electrons. The van der Waals surface area contributed by atoms with Gasteiger partial charge in [-0.05, 0) is 42.8 Å². The fraction of sp³-hybridized carbons (Fsp3) is 0.316. The van der Waals surface area contributed by atoms with E-state index in [1.165, 1.54) is 6.07 Å². The van der Waals surface area contributed by atoms with E-state index in [0.717, 1.165) is 22.5 Å². The van der Waals surface area contributed by atoms with Crippen molar-refractivity contribution in [1.82, 2.24) is 0 Å². The van der Waals surface area contributed by atoms with Crippen LogP contribution in [-0.2, 0) is 21.0 Å². The van der Waals surface area contributed by atoms with E-state index in [-0.39, 0.29) is 23.9 Å². The lowest BCUT2D eigenvalue weighted by Gasteiger charge is -2.36. The van der Waals surface area contributed by atoms with Gasteiger partial charge in [0.1, 0.15) is 11.9 Å². The topological polar surface area (TPSA) is 83.9 Å². The van der Waals surface area contributed by atoms with Crippen LogP contribution in [0, 0.1) is 11.8 Å². The van der Waals surface area contributed by atoms with Gasteiger partial charge in [-0.3, -0.25) is 9.10 Å². The molecule has 1 heterocycles. The van der Waals surface area contributed by atoms with Crippen LogP contribution in [0.15, 0.2) is 51.8 Å². The van der Waals surface area contributed by atoms with E-state index in [0.29, 0.717) is 17.0 Å². The van der Waals surface area contributed by atoms with Gasteiger partial charge in [-0.25, -0.2) is 8.42 Å². The van der Waals surface area contributed by atoms with Crippen molar-refractivity contribution in [3.05, 3.63) is 52.5 Å². The average molecular weight is 506 g/mol. The second kappa shape index (κ2) is 7.16. The monoisotopic (exact) mass is 505 g/mol. The minimum Gasteiger partial charge on any atom is -0.486 e. The molecule has 1 N–H and O–H groups in total. The molecule has 1 unspecified atom stereocenters. The number of carboxylic acids is 1. The Hall–Kier alpha value is -2.27. The molecule has 1 saturated carbocycles. The summed E-state index contributed by atoms with van der Waals surface area (Å²) in [6.07, 6.45) is -5.06. The Morgan fingerprint density at radius 3 is 2.57 bits per heavy atom. The van der Waals surface area contributed by atoms with E-state index < -0.39 is 44.6 Å². The number of benzene rings is 2. The van der Waals surface area contributed by atoms with Crippen molar-refractivity contribution in [2.45, 2.75) is 23.6 Å². The van der Waals surface area contributed by atoms with Gasteiger partial charge >= 0.3 is 12.1 Å². The zero-order valence-electron chi connectivity index (χ0n) is 15.1. The standard InChI is InChI=1S/C19H15BrF3NO5S/c20-11-4-5-16-15(7-11)24(9-17(29-16)13-8-14(13)18(25)26)30(27,28)12-3-1-2-10(6-12)19(21,22)23/h1-7,13-14,17H,8-9H2,(H,25,26)/t13-,14-,17?/m1/s1. The van der Waals surface area contributed by atoms with E-state index in [9.17, 15) is 31.5 Å². The van der Waals surface area contributed by atoms with E-state index in [1.807, 2.05) is 0 Å². The van der Waals surface area contributed by atoms with Gasteiger partial charge in [-0.1, -0.05) is 22.0 Å². The molecule has 0 aromatic heterocycles. The average Bonchev–Trinajstić information content (AvgIpc) is 3.48. The SMILES string of the molecule is O=C(O)[C@@H]1C[C@H]1C1CN(S(=O)(=O)c2cccc(C(F)(F)F)c2)c2cc(Br)ccc2O1. The number of hydrogen-bond donors (Lipinski definition) is 1. The number of sulfonamides is 1. The number of hydrogen-bond acceptors (Lipinski definition) is 4. The molecule has 2 aromatic rings. The lowest BCUT2D eigenvalue weighted by Crippen LogP contribution is -2.45. The molecule has 0 saturated heterocycles. The number of aliphatic carboxylic acids is 1. The normalized spacial score (nSPS) is 23.5. The zero-order chi connectivity index (χ0) is 21.8. The van der Waals surface area contributed by atoms with Crippen LogP contribution in [0.5, 0.6) is 5.75 Å². The minimum absolute atomic E-state index is 0.172. The van der Waals surface area contributed by atoms with E-state index in [4.69, 9.17) is 4.74 Å². The lowest BCUT2D eigenvalue weighted by molar-refractivity contribution is -0.139. The Bertz CT molecular complexity index is 1120. The maximum Gasteiger partial charge on any atom is 0.416 e. The van der Waals surface area contributed by atoms with Gasteiger partial charge in [0.25, 0.3) is 10.0 Å². The van der Waals surface area contributed by atoms with Crippen LogP contribution in [0.4, 0.5) is 18.9 Å². The number of nitrogens with zero attached hydrogens (tertiary/aromatic N) is 1. The number of fused-ring (bicyclic) bond motifs is 1. The summed E-state index contributed by atoms with van der Waals surface area (Å²) < 4.78 is 73.3. The van der Waals surface area contributed by atoms with Crippen LogP contribution in [0.25, 0.3) is 0 Å². The summed E-state index contributed by atoms with van der Waals surface area (Å²) in [5.41, 5.74) is -0.901. The predicted molar refractivity (Wildman–Crippen MR) is 104 cm³/mol. The first-order valence-electron chi connectivity index (χ1n) is 8.87. The minimum atomic E-state index is -4.69. The fourth-order valence-electron chi connectivity index (χ4n) is 3.57. The molecule has 2 aliphatic rings. The van der Waals surface area contributed by atoms with Crippen molar-refractivity contribution in [3.63, 3.8) is 0 Å². The third kappa shape index (κ3) is 3.76. The Kier molecular flexibility index (Phi) is 5.00. The quantitative estimate of drug-likeness (QED) is 0.674. The summed E-state index contributed by atoms with van der Waals surface area (Å²) in [4.78, 5) is 10.7. The molecule has 2 aromatic carbocycles. The Balaban J connectivity index is 1.76. The summed E-state index contributed by atoms with van der Waals surface area (Å²) in [5, 5.41) is 9.20. The molecule has 1 aliphatic heterocycles. The molecular formula is C19H15BrF3NO5S.